The van der Waals surface area contributed by atoms with E-state index in [1.807, 2.05) is 39.0 Å². The lowest BCUT2D eigenvalue weighted by Gasteiger charge is -2.13. The third-order valence-corrected chi connectivity index (χ3v) is 4.95. The summed E-state index contributed by atoms with van der Waals surface area (Å²) in [4.78, 5) is 25.6. The normalized spacial score (nSPS) is 10.7. The Morgan fingerprint density at radius 1 is 1.07 bits per heavy atom. The minimum Gasteiger partial charge on any atom is -0.325 e. The quantitative estimate of drug-likeness (QED) is 0.523. The highest BCUT2D eigenvalue weighted by Gasteiger charge is 2.11. The monoisotopic (exact) mass is 378 g/mol. The summed E-state index contributed by atoms with van der Waals surface area (Å²) in [7, 11) is 0. The van der Waals surface area contributed by atoms with Gasteiger partial charge in [0.2, 0.25) is 5.91 Å². The lowest BCUT2D eigenvalue weighted by molar-refractivity contribution is -0.113. The predicted molar refractivity (Wildman–Crippen MR) is 110 cm³/mol. The Bertz CT molecular complexity index is 950. The number of hydrogen-bond acceptors (Lipinski definition) is 5. The summed E-state index contributed by atoms with van der Waals surface area (Å²) in [6.07, 6.45) is 3.45. The second-order valence-electron chi connectivity index (χ2n) is 6.52. The van der Waals surface area contributed by atoms with E-state index in [-0.39, 0.29) is 11.7 Å². The fraction of sp³-hybridized carbons (Fsp3) is 0.238. The van der Waals surface area contributed by atoms with Crippen molar-refractivity contribution in [3.05, 3.63) is 65.1 Å². The van der Waals surface area contributed by atoms with E-state index in [1.54, 1.807) is 12.4 Å². The van der Waals surface area contributed by atoms with Crippen molar-refractivity contribution in [1.29, 1.82) is 0 Å². The van der Waals surface area contributed by atoms with Crippen molar-refractivity contribution in [2.75, 3.05) is 11.1 Å². The molecule has 2 heterocycles. The van der Waals surface area contributed by atoms with Gasteiger partial charge in [0.05, 0.1) is 5.75 Å². The van der Waals surface area contributed by atoms with Gasteiger partial charge in [-0.15, -0.1) is 0 Å². The molecule has 0 saturated carbocycles. The molecular formula is C21H22N4OS. The molecule has 0 radical (unpaired) electrons. The topological polar surface area (TPSA) is 67.8 Å². The van der Waals surface area contributed by atoms with E-state index in [1.165, 1.54) is 17.3 Å². The molecule has 3 rings (SSSR count). The van der Waals surface area contributed by atoms with Crippen LogP contribution in [0.3, 0.4) is 0 Å². The van der Waals surface area contributed by atoms with Gasteiger partial charge in [0.25, 0.3) is 0 Å². The minimum absolute atomic E-state index is 0.0470. The van der Waals surface area contributed by atoms with Gasteiger partial charge < -0.3 is 5.32 Å². The zero-order valence-electron chi connectivity index (χ0n) is 15.9. The molecule has 138 valence electrons. The second kappa shape index (κ2) is 8.31. The maximum absolute atomic E-state index is 12.4. The maximum atomic E-state index is 12.4. The van der Waals surface area contributed by atoms with Crippen molar-refractivity contribution in [2.24, 2.45) is 0 Å². The first-order chi connectivity index (χ1) is 12.9. The molecule has 27 heavy (non-hydrogen) atoms. The average Bonchev–Trinajstić information content (AvgIpc) is 2.63. The summed E-state index contributed by atoms with van der Waals surface area (Å²) in [5, 5.41) is 3.80. The van der Waals surface area contributed by atoms with Gasteiger partial charge in [-0.2, -0.15) is 0 Å². The standard InChI is InChI=1S/C21H22N4OS/c1-13-8-14(2)20(15(3)9-13)24-18(26)12-27-19-10-16(4)23-21(25-19)17-6-5-7-22-11-17/h5-11H,12H2,1-4H3,(H,24,26). The summed E-state index contributed by atoms with van der Waals surface area (Å²) in [6, 6.07) is 9.81. The molecule has 1 amide bonds. The van der Waals surface area contributed by atoms with Gasteiger partial charge in [-0.3, -0.25) is 9.78 Å². The molecular weight excluding hydrogens is 356 g/mol. The first-order valence-corrected chi connectivity index (χ1v) is 9.67. The summed E-state index contributed by atoms with van der Waals surface area (Å²) in [6.45, 7) is 8.00. The number of benzene rings is 1. The fourth-order valence-electron chi connectivity index (χ4n) is 2.93. The molecule has 0 saturated heterocycles. The molecule has 1 aromatic carbocycles. The van der Waals surface area contributed by atoms with Crippen molar-refractivity contribution in [2.45, 2.75) is 32.7 Å². The molecule has 6 heteroatoms. The van der Waals surface area contributed by atoms with Crippen molar-refractivity contribution >= 4 is 23.4 Å². The molecule has 0 spiro atoms. The van der Waals surface area contributed by atoms with Crippen LogP contribution in [-0.2, 0) is 4.79 Å². The van der Waals surface area contributed by atoms with Crippen LogP contribution in [0.1, 0.15) is 22.4 Å². The Hall–Kier alpha value is -2.73. The molecule has 3 aromatic rings. The molecule has 0 aliphatic heterocycles. The number of hydrogen-bond donors (Lipinski definition) is 1. The van der Waals surface area contributed by atoms with Crippen molar-refractivity contribution in [3.63, 3.8) is 0 Å². The zero-order valence-corrected chi connectivity index (χ0v) is 16.7. The van der Waals surface area contributed by atoms with Gasteiger partial charge in [0.1, 0.15) is 5.03 Å². The number of amides is 1. The third kappa shape index (κ3) is 4.92. The van der Waals surface area contributed by atoms with E-state index in [2.05, 4.69) is 39.3 Å². The number of nitrogens with one attached hydrogen (secondary N) is 1. The highest BCUT2D eigenvalue weighted by Crippen LogP contribution is 2.24. The lowest BCUT2D eigenvalue weighted by atomic mass is 10.1. The van der Waals surface area contributed by atoms with Gasteiger partial charge in [-0.25, -0.2) is 9.97 Å². The van der Waals surface area contributed by atoms with E-state index >= 15 is 0 Å². The molecule has 5 nitrogen and oxygen atoms in total. The number of pyridine rings is 1. The summed E-state index contributed by atoms with van der Waals surface area (Å²) in [5.41, 5.74) is 5.94. The molecule has 0 bridgehead atoms. The van der Waals surface area contributed by atoms with Crippen LogP contribution in [0.4, 0.5) is 5.69 Å². The second-order valence-corrected chi connectivity index (χ2v) is 7.52. The number of thioether (sulfide) groups is 1. The zero-order chi connectivity index (χ0) is 19.4. The summed E-state index contributed by atoms with van der Waals surface area (Å²) in [5.74, 6) is 0.862. The first kappa shape index (κ1) is 19.0. The third-order valence-electron chi connectivity index (χ3n) is 4.04. The molecule has 0 aliphatic carbocycles. The number of nitrogens with zero attached hydrogens (tertiary/aromatic N) is 3. The van der Waals surface area contributed by atoms with Crippen molar-refractivity contribution in [1.82, 2.24) is 15.0 Å². The lowest BCUT2D eigenvalue weighted by Crippen LogP contribution is -2.16. The average molecular weight is 379 g/mol. The van der Waals surface area contributed by atoms with Gasteiger partial charge >= 0.3 is 0 Å². The van der Waals surface area contributed by atoms with E-state index in [0.29, 0.717) is 5.82 Å². The van der Waals surface area contributed by atoms with Crippen LogP contribution in [0.2, 0.25) is 0 Å². The van der Waals surface area contributed by atoms with Crippen LogP contribution in [-0.4, -0.2) is 26.6 Å². The van der Waals surface area contributed by atoms with Crippen LogP contribution in [0, 0.1) is 27.7 Å². The Balaban J connectivity index is 1.70. The molecule has 1 N–H and O–H groups in total. The van der Waals surface area contributed by atoms with Gasteiger partial charge in [0.15, 0.2) is 5.82 Å². The van der Waals surface area contributed by atoms with Crippen LogP contribution in [0.15, 0.2) is 47.8 Å². The molecule has 2 aromatic heterocycles. The predicted octanol–water partition coefficient (Wildman–Crippen LogP) is 4.50. The van der Waals surface area contributed by atoms with Crippen LogP contribution in [0.25, 0.3) is 11.4 Å². The van der Waals surface area contributed by atoms with E-state index in [9.17, 15) is 4.79 Å². The molecule has 0 atom stereocenters. The summed E-state index contributed by atoms with van der Waals surface area (Å²) >= 11 is 1.40. The minimum atomic E-state index is -0.0470. The number of aromatic nitrogens is 3. The van der Waals surface area contributed by atoms with Crippen LogP contribution < -0.4 is 5.32 Å². The maximum Gasteiger partial charge on any atom is 0.234 e. The number of carbonyl (C=O) groups excluding carboxylic acids is 1. The Labute approximate surface area is 163 Å². The summed E-state index contributed by atoms with van der Waals surface area (Å²) < 4.78 is 0. The van der Waals surface area contributed by atoms with Gasteiger partial charge in [0, 0.05) is 29.3 Å². The first-order valence-electron chi connectivity index (χ1n) is 8.69. The molecule has 0 aliphatic rings. The van der Waals surface area contributed by atoms with E-state index < -0.39 is 0 Å². The Morgan fingerprint density at radius 2 is 1.81 bits per heavy atom. The van der Waals surface area contributed by atoms with Crippen molar-refractivity contribution < 1.29 is 4.79 Å². The number of aryl methyl sites for hydroxylation is 4. The smallest absolute Gasteiger partial charge is 0.234 e. The number of anilines is 1. The van der Waals surface area contributed by atoms with Gasteiger partial charge in [-0.05, 0) is 57.0 Å². The number of rotatable bonds is 5. The fourth-order valence-corrected chi connectivity index (χ4v) is 3.69. The molecule has 0 unspecified atom stereocenters. The van der Waals surface area contributed by atoms with E-state index in [4.69, 9.17) is 0 Å². The largest absolute Gasteiger partial charge is 0.325 e. The molecule has 0 fully saturated rings. The highest BCUT2D eigenvalue weighted by molar-refractivity contribution is 7.99. The number of carbonyl (C=O) groups is 1. The highest BCUT2D eigenvalue weighted by atomic mass is 32.2. The SMILES string of the molecule is Cc1cc(C)c(NC(=O)CSc2cc(C)nc(-c3cccnc3)n2)c(C)c1. The Kier molecular flexibility index (Phi) is 5.86. The van der Waals surface area contributed by atoms with Crippen molar-refractivity contribution in [3.8, 4) is 11.4 Å². The van der Waals surface area contributed by atoms with Crippen LogP contribution >= 0.6 is 11.8 Å². The van der Waals surface area contributed by atoms with E-state index in [0.717, 1.165) is 33.1 Å². The van der Waals surface area contributed by atoms with Crippen LogP contribution in [0.5, 0.6) is 0 Å². The van der Waals surface area contributed by atoms with Gasteiger partial charge in [-0.1, -0.05) is 29.5 Å². The Morgan fingerprint density at radius 3 is 2.48 bits per heavy atom.